The SMILES string of the molecule is CO[C@H]1C[C@@H]2CC[C@@H](C)[C@@](O)(O2)C(=O)C(=O)N2CCSC[C@H]2C(=O)O[C@H]([C@H](C)C[C@H]2CC[C@@H](O)[C@H](OC)C2)CC(=O)[C@H](C)/C=C(\C)[C@@H](O)[C@@H](OC)C(=O)[C@H](C)C[C@H](C)/C=C/C=C/C=C/1C. The first-order chi connectivity index (χ1) is 30.7. The maximum absolute atomic E-state index is 14.3. The van der Waals surface area contributed by atoms with Gasteiger partial charge in [0.15, 0.2) is 5.78 Å². The van der Waals surface area contributed by atoms with Gasteiger partial charge in [-0.25, -0.2) is 4.79 Å². The minimum atomic E-state index is -2.43. The van der Waals surface area contributed by atoms with Crippen LogP contribution in [-0.4, -0.2) is 143 Å². The van der Waals surface area contributed by atoms with Crippen LogP contribution in [0.3, 0.4) is 0 Å². The van der Waals surface area contributed by atoms with Crippen molar-refractivity contribution in [2.24, 2.45) is 35.5 Å². The molecule has 1 saturated carbocycles. The Bertz CT molecular complexity index is 1760. The van der Waals surface area contributed by atoms with Crippen molar-refractivity contribution >= 4 is 41.0 Å². The highest BCUT2D eigenvalue weighted by molar-refractivity contribution is 7.99. The molecule has 65 heavy (non-hydrogen) atoms. The van der Waals surface area contributed by atoms with Gasteiger partial charge in [-0.1, -0.05) is 71.1 Å². The number of amides is 1. The number of methoxy groups -OCH3 is 3. The molecule has 0 aromatic heterocycles. The Balaban J connectivity index is 1.70. The number of ketones is 3. The van der Waals surface area contributed by atoms with E-state index in [0.29, 0.717) is 56.3 Å². The molecule has 2 bridgehead atoms. The van der Waals surface area contributed by atoms with Crippen LogP contribution in [0, 0.1) is 35.5 Å². The predicted molar refractivity (Wildman–Crippen MR) is 249 cm³/mol. The molecule has 1 aliphatic carbocycles. The second-order valence-electron chi connectivity index (χ2n) is 19.2. The molecule has 0 spiro atoms. The number of aliphatic hydroxyl groups excluding tert-OH is 2. The van der Waals surface area contributed by atoms with Crippen LogP contribution in [0.4, 0.5) is 0 Å². The van der Waals surface area contributed by atoms with Crippen LogP contribution >= 0.6 is 11.8 Å². The summed E-state index contributed by atoms with van der Waals surface area (Å²) < 4.78 is 29.3. The number of carbonyl (C=O) groups excluding carboxylic acids is 5. The van der Waals surface area contributed by atoms with Crippen molar-refractivity contribution < 1.29 is 63.0 Å². The van der Waals surface area contributed by atoms with Crippen LogP contribution < -0.4 is 0 Å². The van der Waals surface area contributed by atoms with Crippen LogP contribution in [-0.2, 0) is 47.7 Å². The topological polar surface area (TPSA) is 195 Å². The summed E-state index contributed by atoms with van der Waals surface area (Å²) in [6.07, 6.45) is 9.78. The molecule has 4 aliphatic rings. The number of nitrogens with zero attached hydrogens (tertiary/aromatic N) is 1. The van der Waals surface area contributed by atoms with E-state index in [1.807, 2.05) is 58.1 Å². The minimum Gasteiger partial charge on any atom is -0.460 e. The molecule has 0 aromatic rings. The summed E-state index contributed by atoms with van der Waals surface area (Å²) in [5.74, 6) is -7.46. The lowest BCUT2D eigenvalue weighted by atomic mass is 9.78. The van der Waals surface area contributed by atoms with E-state index in [1.54, 1.807) is 41.1 Å². The van der Waals surface area contributed by atoms with E-state index >= 15 is 0 Å². The fourth-order valence-electron chi connectivity index (χ4n) is 9.74. The molecule has 3 aliphatic heterocycles. The number of esters is 1. The molecule has 1 amide bonds. The molecule has 0 aromatic carbocycles. The van der Waals surface area contributed by atoms with E-state index in [1.165, 1.54) is 23.8 Å². The maximum atomic E-state index is 14.3. The number of hydrogen-bond acceptors (Lipinski definition) is 14. The molecule has 366 valence electrons. The molecule has 15 atom stereocenters. The zero-order chi connectivity index (χ0) is 48.2. The predicted octanol–water partition coefficient (Wildman–Crippen LogP) is 5.74. The Hall–Kier alpha value is -3.02. The number of thioether (sulfide) groups is 1. The number of ether oxygens (including phenoxy) is 5. The number of aliphatic hydroxyl groups is 3. The third-order valence-electron chi connectivity index (χ3n) is 14.1. The van der Waals surface area contributed by atoms with Gasteiger partial charge in [0.1, 0.15) is 30.1 Å². The zero-order valence-electron chi connectivity index (χ0n) is 40.3. The van der Waals surface area contributed by atoms with Gasteiger partial charge in [0.05, 0.1) is 24.4 Å². The van der Waals surface area contributed by atoms with Gasteiger partial charge in [-0.2, -0.15) is 11.8 Å². The highest BCUT2D eigenvalue weighted by Crippen LogP contribution is 2.37. The Labute approximate surface area is 390 Å². The summed E-state index contributed by atoms with van der Waals surface area (Å²) in [5.41, 5.74) is 1.26. The number of Topliss-reactive ketones (excluding diaryl/α,β-unsaturated/α-hetero) is 3. The smallest absolute Gasteiger partial charge is 0.330 e. The van der Waals surface area contributed by atoms with Crippen molar-refractivity contribution in [1.82, 2.24) is 4.90 Å². The molecular formula is C50H77NO13S. The van der Waals surface area contributed by atoms with Gasteiger partial charge < -0.3 is 43.9 Å². The molecule has 0 unspecified atom stereocenters. The van der Waals surface area contributed by atoms with Crippen LogP contribution in [0.5, 0.6) is 0 Å². The van der Waals surface area contributed by atoms with Crippen molar-refractivity contribution in [1.29, 1.82) is 0 Å². The molecule has 0 radical (unpaired) electrons. The summed E-state index contributed by atoms with van der Waals surface area (Å²) in [4.78, 5) is 71.7. The number of hydrogen-bond donors (Lipinski definition) is 3. The quantitative estimate of drug-likeness (QED) is 0.166. The van der Waals surface area contributed by atoms with Gasteiger partial charge in [-0.05, 0) is 87.7 Å². The number of fused-ring (bicyclic) bond motifs is 3. The van der Waals surface area contributed by atoms with Crippen molar-refractivity contribution in [3.63, 3.8) is 0 Å². The summed E-state index contributed by atoms with van der Waals surface area (Å²) in [7, 11) is 4.51. The third-order valence-corrected chi connectivity index (χ3v) is 15.1. The fourth-order valence-corrected chi connectivity index (χ4v) is 10.8. The number of allylic oxidation sites excluding steroid dienone is 6. The second-order valence-corrected chi connectivity index (χ2v) is 20.3. The molecule has 14 nitrogen and oxygen atoms in total. The summed E-state index contributed by atoms with van der Waals surface area (Å²) >= 11 is 1.43. The first kappa shape index (κ1) is 54.6. The van der Waals surface area contributed by atoms with Crippen LogP contribution in [0.2, 0.25) is 0 Å². The van der Waals surface area contributed by atoms with Crippen LogP contribution in [0.25, 0.3) is 0 Å². The molecule has 2 saturated heterocycles. The third kappa shape index (κ3) is 14.5. The number of rotatable bonds is 6. The van der Waals surface area contributed by atoms with Crippen molar-refractivity contribution in [2.75, 3.05) is 39.4 Å². The largest absolute Gasteiger partial charge is 0.460 e. The van der Waals surface area contributed by atoms with E-state index in [2.05, 4.69) is 0 Å². The van der Waals surface area contributed by atoms with Gasteiger partial charge in [-0.15, -0.1) is 0 Å². The average Bonchev–Trinajstić information content (AvgIpc) is 3.28. The van der Waals surface area contributed by atoms with Crippen LogP contribution in [0.15, 0.2) is 47.6 Å². The van der Waals surface area contributed by atoms with Gasteiger partial charge in [-0.3, -0.25) is 19.2 Å². The van der Waals surface area contributed by atoms with Crippen molar-refractivity contribution in [2.45, 2.75) is 161 Å². The lowest BCUT2D eigenvalue weighted by Crippen LogP contribution is -2.61. The highest BCUT2D eigenvalue weighted by atomic mass is 32.2. The van der Waals surface area contributed by atoms with Gasteiger partial charge in [0, 0.05) is 70.0 Å². The molecular weight excluding hydrogens is 855 g/mol. The zero-order valence-corrected chi connectivity index (χ0v) is 41.1. The standard InChI is InChI=1S/C50H77NO13S/c1-29-14-12-11-13-15-30(2)41(60-8)26-37-18-16-35(7)50(59,64-37)47(56)48(57)51-20-21-65-28-38(51)49(58)63-42(32(4)24-36-17-19-39(52)43(25-36)61-9)27-40(53)31(3)23-34(6)45(55)46(62-10)44(54)33(5)22-29/h11-15,23,29,31-33,35-39,41-43,45-46,52,55,59H,16-22,24-28H2,1-10H3/b13-11+,14-12+,30-15+,34-23+/t29-,31-,32-,33-,35-,36-,37+,38+,39-,41+,42+,43-,45-,46+,50-/m1/s1. The first-order valence-corrected chi connectivity index (χ1v) is 24.7. The average molecular weight is 932 g/mol. The van der Waals surface area contributed by atoms with E-state index < -0.39 is 83.9 Å². The maximum Gasteiger partial charge on any atom is 0.330 e. The Morgan fingerprint density at radius 2 is 1.62 bits per heavy atom. The fraction of sp³-hybridized carbons (Fsp3) is 0.740. The molecule has 3 heterocycles. The normalized spacial score (nSPS) is 40.4. The Morgan fingerprint density at radius 1 is 0.892 bits per heavy atom. The van der Waals surface area contributed by atoms with Crippen molar-refractivity contribution in [3.8, 4) is 0 Å². The van der Waals surface area contributed by atoms with Crippen LogP contribution in [0.1, 0.15) is 106 Å². The second kappa shape index (κ2) is 25.4. The summed E-state index contributed by atoms with van der Waals surface area (Å²) in [6, 6.07) is -1.18. The Kier molecular flexibility index (Phi) is 21.3. The van der Waals surface area contributed by atoms with Gasteiger partial charge >= 0.3 is 5.97 Å². The summed E-state index contributed by atoms with van der Waals surface area (Å²) in [6.45, 7) is 12.7. The number of cyclic esters (lactones) is 1. The lowest BCUT2D eigenvalue weighted by molar-refractivity contribution is -0.265. The van der Waals surface area contributed by atoms with E-state index in [0.717, 1.165) is 12.0 Å². The highest BCUT2D eigenvalue weighted by Gasteiger charge is 2.53. The molecule has 4 rings (SSSR count). The van der Waals surface area contributed by atoms with Crippen molar-refractivity contribution in [3.05, 3.63) is 47.6 Å². The lowest BCUT2D eigenvalue weighted by Gasteiger charge is -2.42. The first-order valence-electron chi connectivity index (χ1n) is 23.5. The van der Waals surface area contributed by atoms with E-state index in [-0.39, 0.29) is 54.1 Å². The Morgan fingerprint density at radius 3 is 2.29 bits per heavy atom. The summed E-state index contributed by atoms with van der Waals surface area (Å²) in [5, 5.41) is 33.8. The molecule has 3 fully saturated rings. The number of carbonyl (C=O) groups is 5. The minimum absolute atomic E-state index is 0.0182. The molecule has 3 N–H and O–H groups in total. The van der Waals surface area contributed by atoms with E-state index in [9.17, 15) is 39.3 Å². The van der Waals surface area contributed by atoms with Gasteiger partial charge in [0.2, 0.25) is 5.79 Å². The van der Waals surface area contributed by atoms with Gasteiger partial charge in [0.25, 0.3) is 11.7 Å². The van der Waals surface area contributed by atoms with E-state index in [4.69, 9.17) is 23.7 Å². The monoisotopic (exact) mass is 932 g/mol. The molecule has 15 heteroatoms.